The maximum atomic E-state index is 5.17. The summed E-state index contributed by atoms with van der Waals surface area (Å²) in [5.74, 6) is 2.57. The number of nitrogens with zero attached hydrogens (tertiary/aromatic N) is 1. The van der Waals surface area contributed by atoms with Gasteiger partial charge in [-0.15, -0.1) is 0 Å². The Bertz CT molecular complexity index is 252. The Kier molecular flexibility index (Phi) is 5.85. The fraction of sp³-hybridized carbons (Fsp3) is 0.846. The summed E-state index contributed by atoms with van der Waals surface area (Å²) in [7, 11) is 1.78. The molecule has 4 heteroatoms. The van der Waals surface area contributed by atoms with E-state index in [2.05, 4.69) is 28.1 Å². The molecule has 0 saturated carbocycles. The fourth-order valence-corrected chi connectivity index (χ4v) is 3.41. The molecule has 1 saturated heterocycles. The molecule has 1 N–H and O–H groups in total. The molecule has 17 heavy (non-hydrogen) atoms. The molecule has 0 bridgehead atoms. The highest BCUT2D eigenvalue weighted by Crippen LogP contribution is 2.14. The van der Waals surface area contributed by atoms with Crippen LogP contribution >= 0.6 is 11.8 Å². The molecule has 2 aliphatic rings. The van der Waals surface area contributed by atoms with Crippen molar-refractivity contribution in [1.82, 2.24) is 10.2 Å². The van der Waals surface area contributed by atoms with Crippen LogP contribution in [-0.2, 0) is 4.74 Å². The van der Waals surface area contributed by atoms with Crippen molar-refractivity contribution in [2.45, 2.75) is 18.9 Å². The summed E-state index contributed by atoms with van der Waals surface area (Å²) >= 11 is 2.09. The number of nitrogens with one attached hydrogen (secondary N) is 1. The van der Waals surface area contributed by atoms with E-state index in [4.69, 9.17) is 4.74 Å². The number of thioether (sulfide) groups is 1. The smallest absolute Gasteiger partial charge is 0.0673 e. The maximum Gasteiger partial charge on any atom is 0.0673 e. The summed E-state index contributed by atoms with van der Waals surface area (Å²) in [6, 6.07) is 0.734. The third-order valence-corrected chi connectivity index (χ3v) is 4.64. The molecule has 0 aromatic carbocycles. The van der Waals surface area contributed by atoms with E-state index in [1.165, 1.54) is 49.6 Å². The standard InChI is InChI=1S/C13H24N2OS/c1-16-10-12-2-6-15(7-3-12)8-4-13-11-17-9-5-14-13/h2,13-14H,3-11H2,1H3. The second-order valence-corrected chi connectivity index (χ2v) is 6.01. The van der Waals surface area contributed by atoms with Crippen LogP contribution in [0.3, 0.4) is 0 Å². The van der Waals surface area contributed by atoms with E-state index in [1.807, 2.05) is 0 Å². The van der Waals surface area contributed by atoms with Gasteiger partial charge in [-0.3, -0.25) is 4.90 Å². The molecule has 1 unspecified atom stereocenters. The average Bonchev–Trinajstić information content (AvgIpc) is 2.40. The monoisotopic (exact) mass is 256 g/mol. The van der Waals surface area contributed by atoms with Crippen molar-refractivity contribution in [3.8, 4) is 0 Å². The molecule has 3 nitrogen and oxygen atoms in total. The first-order chi connectivity index (χ1) is 8.38. The molecule has 1 atom stereocenters. The molecule has 0 spiro atoms. The molecule has 0 aliphatic carbocycles. The van der Waals surface area contributed by atoms with Gasteiger partial charge in [0.25, 0.3) is 0 Å². The third kappa shape index (κ3) is 4.62. The largest absolute Gasteiger partial charge is 0.380 e. The zero-order valence-corrected chi connectivity index (χ0v) is 11.6. The number of rotatable bonds is 5. The summed E-state index contributed by atoms with van der Waals surface area (Å²) in [5, 5.41) is 3.60. The van der Waals surface area contributed by atoms with E-state index in [1.54, 1.807) is 7.11 Å². The zero-order valence-electron chi connectivity index (χ0n) is 10.8. The van der Waals surface area contributed by atoms with Crippen LogP contribution < -0.4 is 5.32 Å². The van der Waals surface area contributed by atoms with Crippen molar-refractivity contribution < 1.29 is 4.74 Å². The van der Waals surface area contributed by atoms with E-state index in [9.17, 15) is 0 Å². The summed E-state index contributed by atoms with van der Waals surface area (Å²) in [4.78, 5) is 2.56. The van der Waals surface area contributed by atoms with E-state index >= 15 is 0 Å². The molecule has 1 fully saturated rings. The minimum Gasteiger partial charge on any atom is -0.380 e. The van der Waals surface area contributed by atoms with Crippen LogP contribution in [0.5, 0.6) is 0 Å². The van der Waals surface area contributed by atoms with Crippen molar-refractivity contribution in [2.75, 3.05) is 51.4 Å². The first-order valence-electron chi connectivity index (χ1n) is 6.59. The van der Waals surface area contributed by atoms with Crippen LogP contribution in [-0.4, -0.2) is 62.3 Å². The van der Waals surface area contributed by atoms with Gasteiger partial charge in [0.05, 0.1) is 6.61 Å². The van der Waals surface area contributed by atoms with Crippen LogP contribution in [0.25, 0.3) is 0 Å². The molecule has 0 aromatic rings. The van der Waals surface area contributed by atoms with Gasteiger partial charge in [-0.25, -0.2) is 0 Å². The molecule has 0 radical (unpaired) electrons. The topological polar surface area (TPSA) is 24.5 Å². The van der Waals surface area contributed by atoms with Crippen LogP contribution in [0, 0.1) is 0 Å². The summed E-state index contributed by atoms with van der Waals surface area (Å²) in [5.41, 5.74) is 1.47. The highest BCUT2D eigenvalue weighted by Gasteiger charge is 2.16. The highest BCUT2D eigenvalue weighted by atomic mass is 32.2. The molecular formula is C13H24N2OS. The van der Waals surface area contributed by atoms with Gasteiger partial charge >= 0.3 is 0 Å². The Labute approximate surface area is 109 Å². The molecule has 0 aromatic heterocycles. The number of methoxy groups -OCH3 is 1. The second kappa shape index (κ2) is 7.41. The van der Waals surface area contributed by atoms with Gasteiger partial charge in [-0.1, -0.05) is 6.08 Å². The first-order valence-corrected chi connectivity index (χ1v) is 7.74. The van der Waals surface area contributed by atoms with Gasteiger partial charge in [0.1, 0.15) is 0 Å². The Morgan fingerprint density at radius 1 is 1.59 bits per heavy atom. The Morgan fingerprint density at radius 3 is 3.18 bits per heavy atom. The second-order valence-electron chi connectivity index (χ2n) is 4.86. The Morgan fingerprint density at radius 2 is 2.53 bits per heavy atom. The van der Waals surface area contributed by atoms with Gasteiger partial charge in [0.2, 0.25) is 0 Å². The van der Waals surface area contributed by atoms with E-state index in [0.717, 1.165) is 19.2 Å². The normalized spacial score (nSPS) is 26.9. The van der Waals surface area contributed by atoms with Crippen molar-refractivity contribution in [3.63, 3.8) is 0 Å². The maximum absolute atomic E-state index is 5.17. The van der Waals surface area contributed by atoms with Crippen LogP contribution in [0.4, 0.5) is 0 Å². The lowest BCUT2D eigenvalue weighted by atomic mass is 10.1. The third-order valence-electron chi connectivity index (χ3n) is 3.51. The first kappa shape index (κ1) is 13.4. The average molecular weight is 256 g/mol. The van der Waals surface area contributed by atoms with E-state index < -0.39 is 0 Å². The van der Waals surface area contributed by atoms with Gasteiger partial charge < -0.3 is 10.1 Å². The van der Waals surface area contributed by atoms with E-state index in [0.29, 0.717) is 0 Å². The number of hydrogen-bond acceptors (Lipinski definition) is 4. The molecule has 2 heterocycles. The van der Waals surface area contributed by atoms with Crippen LogP contribution in [0.15, 0.2) is 11.6 Å². The van der Waals surface area contributed by atoms with Crippen LogP contribution in [0.2, 0.25) is 0 Å². The quantitative estimate of drug-likeness (QED) is 0.751. The Balaban J connectivity index is 1.64. The molecular weight excluding hydrogens is 232 g/mol. The fourth-order valence-electron chi connectivity index (χ4n) is 2.42. The minimum absolute atomic E-state index is 0.734. The summed E-state index contributed by atoms with van der Waals surface area (Å²) < 4.78 is 5.17. The van der Waals surface area contributed by atoms with Crippen molar-refractivity contribution in [3.05, 3.63) is 11.6 Å². The summed E-state index contributed by atoms with van der Waals surface area (Å²) in [6.07, 6.45) is 4.82. The Hall–Kier alpha value is -0.0300. The lowest BCUT2D eigenvalue weighted by Crippen LogP contribution is -2.41. The van der Waals surface area contributed by atoms with Gasteiger partial charge in [-0.2, -0.15) is 11.8 Å². The molecule has 0 amide bonds. The van der Waals surface area contributed by atoms with Gasteiger partial charge in [0.15, 0.2) is 0 Å². The van der Waals surface area contributed by atoms with Gasteiger partial charge in [0, 0.05) is 44.3 Å². The predicted octanol–water partition coefficient (Wildman–Crippen LogP) is 1.36. The lowest BCUT2D eigenvalue weighted by Gasteiger charge is -2.29. The summed E-state index contributed by atoms with van der Waals surface area (Å²) in [6.45, 7) is 5.55. The van der Waals surface area contributed by atoms with Crippen LogP contribution in [0.1, 0.15) is 12.8 Å². The number of ether oxygens (including phenoxy) is 1. The van der Waals surface area contributed by atoms with Crippen molar-refractivity contribution >= 4 is 11.8 Å². The molecule has 2 aliphatic heterocycles. The van der Waals surface area contributed by atoms with Crippen molar-refractivity contribution in [1.29, 1.82) is 0 Å². The van der Waals surface area contributed by atoms with Crippen molar-refractivity contribution in [2.24, 2.45) is 0 Å². The SMILES string of the molecule is COCC1=CCN(CCC2CSCCN2)CC1. The highest BCUT2D eigenvalue weighted by molar-refractivity contribution is 7.99. The van der Waals surface area contributed by atoms with Gasteiger partial charge in [-0.05, 0) is 25.0 Å². The van der Waals surface area contributed by atoms with E-state index in [-0.39, 0.29) is 0 Å². The lowest BCUT2D eigenvalue weighted by molar-refractivity contribution is 0.210. The molecule has 98 valence electrons. The minimum atomic E-state index is 0.734. The predicted molar refractivity (Wildman–Crippen MR) is 74.7 cm³/mol. The number of hydrogen-bond donors (Lipinski definition) is 1. The molecule has 2 rings (SSSR count). The zero-order chi connectivity index (χ0) is 11.9.